The number of hydrogen-bond acceptors (Lipinski definition) is 4. The highest BCUT2D eigenvalue weighted by atomic mass is 15.2. The van der Waals surface area contributed by atoms with Gasteiger partial charge in [0.2, 0.25) is 0 Å². The van der Waals surface area contributed by atoms with Crippen LogP contribution in [0.25, 0.3) is 0 Å². The van der Waals surface area contributed by atoms with E-state index < -0.39 is 0 Å². The highest BCUT2D eigenvalue weighted by Gasteiger charge is 2.20. The van der Waals surface area contributed by atoms with Crippen molar-refractivity contribution in [3.63, 3.8) is 0 Å². The van der Waals surface area contributed by atoms with E-state index in [1.165, 1.54) is 43.6 Å². The van der Waals surface area contributed by atoms with Crippen molar-refractivity contribution in [3.05, 3.63) is 29.6 Å². The molecular formula is C17H30N4. The highest BCUT2D eigenvalue weighted by Crippen LogP contribution is 2.16. The number of aromatic nitrogens is 1. The lowest BCUT2D eigenvalue weighted by molar-refractivity contribution is 0.138. The van der Waals surface area contributed by atoms with Crippen LogP contribution in [-0.4, -0.2) is 54.6 Å². The first-order valence-corrected chi connectivity index (χ1v) is 8.22. The largest absolute Gasteiger partial charge is 0.313 e. The smallest absolute Gasteiger partial charge is 0.0544 e. The minimum absolute atomic E-state index is 0.703. The Morgan fingerprint density at radius 2 is 2.10 bits per heavy atom. The van der Waals surface area contributed by atoms with E-state index in [0.717, 1.165) is 19.6 Å². The third kappa shape index (κ3) is 5.38. The zero-order valence-electron chi connectivity index (χ0n) is 13.8. The zero-order chi connectivity index (χ0) is 15.1. The topological polar surface area (TPSA) is 31.4 Å². The average molecular weight is 290 g/mol. The van der Waals surface area contributed by atoms with Crippen LogP contribution < -0.4 is 5.32 Å². The molecular weight excluding hydrogens is 260 g/mol. The van der Waals surface area contributed by atoms with E-state index in [9.17, 15) is 0 Å². The lowest BCUT2D eigenvalue weighted by Crippen LogP contribution is -2.41. The van der Waals surface area contributed by atoms with E-state index in [0.29, 0.717) is 6.04 Å². The van der Waals surface area contributed by atoms with Gasteiger partial charge in [-0.25, -0.2) is 0 Å². The molecule has 2 heterocycles. The Balaban J connectivity index is 1.79. The molecule has 118 valence electrons. The molecule has 0 unspecified atom stereocenters. The van der Waals surface area contributed by atoms with Crippen molar-refractivity contribution in [2.75, 3.05) is 33.7 Å². The third-order valence-electron chi connectivity index (χ3n) is 4.36. The first-order valence-electron chi connectivity index (χ1n) is 8.22. The average Bonchev–Trinajstić information content (AvgIpc) is 2.50. The number of pyridine rings is 1. The van der Waals surface area contributed by atoms with Gasteiger partial charge < -0.3 is 10.2 Å². The van der Waals surface area contributed by atoms with Crippen molar-refractivity contribution in [3.8, 4) is 0 Å². The molecule has 0 aliphatic carbocycles. The molecule has 0 spiro atoms. The summed E-state index contributed by atoms with van der Waals surface area (Å²) in [5.41, 5.74) is 2.45. The van der Waals surface area contributed by atoms with Gasteiger partial charge in [0.15, 0.2) is 0 Å². The second-order valence-electron chi connectivity index (χ2n) is 6.28. The quantitative estimate of drug-likeness (QED) is 0.779. The number of nitrogens with zero attached hydrogens (tertiary/aromatic N) is 3. The van der Waals surface area contributed by atoms with Crippen LogP contribution in [0.2, 0.25) is 0 Å². The molecule has 1 aromatic rings. The molecule has 0 radical (unpaired) electrons. The van der Waals surface area contributed by atoms with E-state index in [1.54, 1.807) is 0 Å². The second kappa shape index (κ2) is 8.47. The Hall–Kier alpha value is -0.970. The zero-order valence-corrected chi connectivity index (χ0v) is 13.8. The van der Waals surface area contributed by atoms with Crippen molar-refractivity contribution >= 4 is 0 Å². The monoisotopic (exact) mass is 290 g/mol. The summed E-state index contributed by atoms with van der Waals surface area (Å²) in [6.45, 7) is 7.56. The van der Waals surface area contributed by atoms with E-state index in [4.69, 9.17) is 0 Å². The Kier molecular flexibility index (Phi) is 6.61. The van der Waals surface area contributed by atoms with Gasteiger partial charge in [0.05, 0.1) is 5.69 Å². The van der Waals surface area contributed by atoms with E-state index in [-0.39, 0.29) is 0 Å². The van der Waals surface area contributed by atoms with Gasteiger partial charge in [0.25, 0.3) is 0 Å². The summed E-state index contributed by atoms with van der Waals surface area (Å²) in [7, 11) is 4.44. The maximum Gasteiger partial charge on any atom is 0.0544 e. The Bertz CT molecular complexity index is 396. The van der Waals surface area contributed by atoms with Gasteiger partial charge >= 0.3 is 0 Å². The molecule has 0 saturated carbocycles. The summed E-state index contributed by atoms with van der Waals surface area (Å²) >= 11 is 0. The van der Waals surface area contributed by atoms with Crippen molar-refractivity contribution in [2.45, 2.75) is 45.3 Å². The lowest BCUT2D eigenvalue weighted by atomic mass is 10.0. The van der Waals surface area contributed by atoms with Gasteiger partial charge in [-0.15, -0.1) is 0 Å². The second-order valence-corrected chi connectivity index (χ2v) is 6.28. The predicted octanol–water partition coefficient (Wildman–Crippen LogP) is 2.11. The number of likely N-dealkylation sites (tertiary alicyclic amines) is 1. The molecule has 1 fully saturated rings. The third-order valence-corrected chi connectivity index (χ3v) is 4.36. The normalized spacial score (nSPS) is 17.5. The fourth-order valence-electron chi connectivity index (χ4n) is 2.88. The van der Waals surface area contributed by atoms with Gasteiger partial charge in [-0.1, -0.05) is 13.0 Å². The first kappa shape index (κ1) is 16.4. The van der Waals surface area contributed by atoms with Crippen LogP contribution in [0.3, 0.4) is 0 Å². The van der Waals surface area contributed by atoms with E-state index in [2.05, 4.69) is 53.3 Å². The minimum Gasteiger partial charge on any atom is -0.313 e. The summed E-state index contributed by atoms with van der Waals surface area (Å²) in [6.07, 6.45) is 5.73. The number of piperidine rings is 1. The maximum atomic E-state index is 4.62. The molecule has 1 aliphatic rings. The Labute approximate surface area is 129 Å². The Morgan fingerprint density at radius 1 is 1.33 bits per heavy atom. The van der Waals surface area contributed by atoms with Crippen molar-refractivity contribution in [2.24, 2.45) is 0 Å². The molecule has 1 N–H and O–H groups in total. The summed E-state index contributed by atoms with van der Waals surface area (Å²) in [5, 5.41) is 3.41. The number of hydrogen-bond donors (Lipinski definition) is 1. The molecule has 2 rings (SSSR count). The number of rotatable bonds is 7. The Morgan fingerprint density at radius 3 is 2.71 bits per heavy atom. The molecule has 4 heteroatoms. The van der Waals surface area contributed by atoms with Crippen LogP contribution >= 0.6 is 0 Å². The van der Waals surface area contributed by atoms with Crippen LogP contribution in [0.15, 0.2) is 18.3 Å². The molecule has 1 aromatic heterocycles. The molecule has 0 amide bonds. The molecule has 1 aliphatic heterocycles. The molecule has 1 saturated heterocycles. The minimum atomic E-state index is 0.703. The van der Waals surface area contributed by atoms with Crippen LogP contribution in [0.4, 0.5) is 0 Å². The lowest BCUT2D eigenvalue weighted by Gasteiger charge is -2.34. The molecule has 4 nitrogen and oxygen atoms in total. The predicted molar refractivity (Wildman–Crippen MR) is 88.2 cm³/mol. The van der Waals surface area contributed by atoms with E-state index >= 15 is 0 Å². The van der Waals surface area contributed by atoms with Crippen LogP contribution in [0.5, 0.6) is 0 Å². The standard InChI is InChI=1S/C17H30N4/c1-4-9-18-12-15-5-6-16(19-13-15)14-21(3)17-7-10-20(2)11-8-17/h5-6,13,17-18H,4,7-12,14H2,1-3H3. The summed E-state index contributed by atoms with van der Waals surface area (Å²) < 4.78 is 0. The van der Waals surface area contributed by atoms with E-state index in [1.807, 2.05) is 6.20 Å². The van der Waals surface area contributed by atoms with Gasteiger partial charge in [0.1, 0.15) is 0 Å². The molecule has 0 aromatic carbocycles. The van der Waals surface area contributed by atoms with Crippen molar-refractivity contribution in [1.82, 2.24) is 20.1 Å². The number of nitrogens with one attached hydrogen (secondary N) is 1. The summed E-state index contributed by atoms with van der Waals surface area (Å²) in [6, 6.07) is 5.08. The molecule has 21 heavy (non-hydrogen) atoms. The highest BCUT2D eigenvalue weighted by molar-refractivity contribution is 5.14. The SMILES string of the molecule is CCCNCc1ccc(CN(C)C2CCN(C)CC2)nc1. The maximum absolute atomic E-state index is 4.62. The molecule has 0 atom stereocenters. The first-order chi connectivity index (χ1) is 10.2. The van der Waals surface area contributed by atoms with Crippen molar-refractivity contribution < 1.29 is 0 Å². The molecule has 0 bridgehead atoms. The summed E-state index contributed by atoms with van der Waals surface area (Å²) in [4.78, 5) is 9.50. The van der Waals surface area contributed by atoms with Gasteiger partial charge in [0, 0.05) is 25.3 Å². The summed E-state index contributed by atoms with van der Waals surface area (Å²) in [5.74, 6) is 0. The van der Waals surface area contributed by atoms with Gasteiger partial charge in [-0.2, -0.15) is 0 Å². The van der Waals surface area contributed by atoms with Gasteiger partial charge in [-0.05, 0) is 64.6 Å². The van der Waals surface area contributed by atoms with Crippen LogP contribution in [0.1, 0.15) is 37.4 Å². The van der Waals surface area contributed by atoms with Gasteiger partial charge in [-0.3, -0.25) is 9.88 Å². The van der Waals surface area contributed by atoms with Crippen LogP contribution in [-0.2, 0) is 13.1 Å². The van der Waals surface area contributed by atoms with Crippen LogP contribution in [0, 0.1) is 0 Å². The van der Waals surface area contributed by atoms with Crippen molar-refractivity contribution in [1.29, 1.82) is 0 Å². The fourth-order valence-corrected chi connectivity index (χ4v) is 2.88. The fraction of sp³-hybridized carbons (Fsp3) is 0.706.